The van der Waals surface area contributed by atoms with E-state index in [1.807, 2.05) is 19.9 Å². The van der Waals surface area contributed by atoms with Crippen LogP contribution in [0.15, 0.2) is 36.5 Å². The van der Waals surface area contributed by atoms with Crippen LogP contribution in [0.1, 0.15) is 39.2 Å². The van der Waals surface area contributed by atoms with Crippen LogP contribution in [0, 0.1) is 13.8 Å². The van der Waals surface area contributed by atoms with E-state index >= 15 is 0 Å². The first-order chi connectivity index (χ1) is 11.0. The Hall–Kier alpha value is -2.69. The summed E-state index contributed by atoms with van der Waals surface area (Å²) in [6, 6.07) is 9.10. The van der Waals surface area contributed by atoms with Gasteiger partial charge in [-0.2, -0.15) is 0 Å². The molecule has 2 rings (SSSR count). The lowest BCUT2D eigenvalue weighted by Crippen LogP contribution is -2.25. The van der Waals surface area contributed by atoms with E-state index < -0.39 is 5.97 Å². The molecule has 5 nitrogen and oxygen atoms in total. The number of nitrogens with one attached hydrogen (secondary N) is 1. The van der Waals surface area contributed by atoms with Crippen LogP contribution in [-0.4, -0.2) is 22.0 Å². The van der Waals surface area contributed by atoms with Gasteiger partial charge in [-0.15, -0.1) is 0 Å². The fourth-order valence-electron chi connectivity index (χ4n) is 2.39. The predicted octanol–water partition coefficient (Wildman–Crippen LogP) is 2.65. The zero-order chi connectivity index (χ0) is 16.8. The topological polar surface area (TPSA) is 79.3 Å². The molecule has 0 saturated carbocycles. The van der Waals surface area contributed by atoms with Crippen molar-refractivity contribution in [3.63, 3.8) is 0 Å². The van der Waals surface area contributed by atoms with E-state index in [9.17, 15) is 9.59 Å². The lowest BCUT2D eigenvalue weighted by molar-refractivity contribution is -0.136. The highest BCUT2D eigenvalue weighted by Crippen LogP contribution is 2.12. The van der Waals surface area contributed by atoms with E-state index in [2.05, 4.69) is 10.3 Å². The maximum atomic E-state index is 12.4. The van der Waals surface area contributed by atoms with Gasteiger partial charge in [-0.1, -0.05) is 24.3 Å². The molecule has 0 radical (unpaired) electrons. The normalized spacial score (nSPS) is 10.3. The lowest BCUT2D eigenvalue weighted by Gasteiger charge is -2.11. The minimum atomic E-state index is -0.875. The highest BCUT2D eigenvalue weighted by Gasteiger charge is 2.12. The third-order valence-corrected chi connectivity index (χ3v) is 3.61. The predicted molar refractivity (Wildman–Crippen MR) is 87.3 cm³/mol. The summed E-state index contributed by atoms with van der Waals surface area (Å²) in [5.41, 5.74) is 4.19. The number of hydrogen-bond acceptors (Lipinski definition) is 3. The number of hydrogen-bond donors (Lipinski definition) is 2. The molecule has 2 aromatic rings. The average Bonchev–Trinajstić information content (AvgIpc) is 2.52. The van der Waals surface area contributed by atoms with Gasteiger partial charge < -0.3 is 10.4 Å². The zero-order valence-corrected chi connectivity index (χ0v) is 13.3. The summed E-state index contributed by atoms with van der Waals surface area (Å²) in [5.74, 6) is -1.09. The summed E-state index contributed by atoms with van der Waals surface area (Å²) in [6.45, 7) is 4.28. The molecule has 0 bridgehead atoms. The summed E-state index contributed by atoms with van der Waals surface area (Å²) in [6.07, 6.45) is 2.11. The summed E-state index contributed by atoms with van der Waals surface area (Å²) in [7, 11) is 0. The molecule has 0 saturated heterocycles. The number of aromatic nitrogens is 1. The van der Waals surface area contributed by atoms with Gasteiger partial charge in [0.1, 0.15) is 0 Å². The van der Waals surface area contributed by atoms with Crippen LogP contribution in [-0.2, 0) is 17.8 Å². The average molecular weight is 312 g/mol. The molecular weight excluding hydrogens is 292 g/mol. The number of carboxylic acid groups (broad SMARTS) is 1. The van der Waals surface area contributed by atoms with Crippen LogP contribution in [0.2, 0.25) is 0 Å². The van der Waals surface area contributed by atoms with Gasteiger partial charge in [-0.25, -0.2) is 0 Å². The monoisotopic (exact) mass is 312 g/mol. The van der Waals surface area contributed by atoms with E-state index in [1.165, 1.54) is 0 Å². The van der Waals surface area contributed by atoms with Crippen LogP contribution in [0.4, 0.5) is 0 Å². The Morgan fingerprint density at radius 3 is 2.65 bits per heavy atom. The molecule has 1 heterocycles. The zero-order valence-electron chi connectivity index (χ0n) is 13.3. The van der Waals surface area contributed by atoms with Crippen LogP contribution < -0.4 is 5.32 Å². The third-order valence-electron chi connectivity index (χ3n) is 3.61. The molecule has 1 aromatic heterocycles. The molecule has 0 spiro atoms. The second-order valence-electron chi connectivity index (χ2n) is 5.51. The molecule has 120 valence electrons. The Kier molecular flexibility index (Phi) is 5.46. The van der Waals surface area contributed by atoms with E-state index in [-0.39, 0.29) is 12.3 Å². The minimum Gasteiger partial charge on any atom is -0.481 e. The maximum absolute atomic E-state index is 12.4. The van der Waals surface area contributed by atoms with Crippen molar-refractivity contribution < 1.29 is 14.7 Å². The highest BCUT2D eigenvalue weighted by molar-refractivity contribution is 5.95. The van der Waals surface area contributed by atoms with Crippen LogP contribution in [0.25, 0.3) is 0 Å². The maximum Gasteiger partial charge on any atom is 0.303 e. The van der Waals surface area contributed by atoms with Crippen molar-refractivity contribution in [3.8, 4) is 0 Å². The van der Waals surface area contributed by atoms with Crippen molar-refractivity contribution >= 4 is 11.9 Å². The molecule has 0 fully saturated rings. The number of carbonyl (C=O) groups is 2. The summed E-state index contributed by atoms with van der Waals surface area (Å²) in [4.78, 5) is 27.4. The molecule has 0 aliphatic heterocycles. The van der Waals surface area contributed by atoms with Gasteiger partial charge >= 0.3 is 5.97 Å². The minimum absolute atomic E-state index is 0.00290. The largest absolute Gasteiger partial charge is 0.481 e. The van der Waals surface area contributed by atoms with Gasteiger partial charge in [-0.05, 0) is 43.0 Å². The quantitative estimate of drug-likeness (QED) is 0.859. The van der Waals surface area contributed by atoms with Crippen molar-refractivity contribution in [2.24, 2.45) is 0 Å². The third kappa shape index (κ3) is 4.64. The molecule has 1 amide bonds. The molecule has 0 aliphatic carbocycles. The number of aryl methyl sites for hydroxylation is 3. The second-order valence-corrected chi connectivity index (χ2v) is 5.51. The molecule has 0 aliphatic rings. The molecule has 23 heavy (non-hydrogen) atoms. The highest BCUT2D eigenvalue weighted by atomic mass is 16.4. The van der Waals surface area contributed by atoms with Crippen LogP contribution in [0.5, 0.6) is 0 Å². The smallest absolute Gasteiger partial charge is 0.303 e. The van der Waals surface area contributed by atoms with Gasteiger partial charge in [0.05, 0.1) is 12.2 Å². The first-order valence-electron chi connectivity index (χ1n) is 7.47. The van der Waals surface area contributed by atoms with Gasteiger partial charge in [0.15, 0.2) is 0 Å². The molecule has 5 heteroatoms. The van der Waals surface area contributed by atoms with Gasteiger partial charge in [-0.3, -0.25) is 14.6 Å². The molecule has 1 aromatic carbocycles. The summed E-state index contributed by atoms with van der Waals surface area (Å²) in [5, 5.41) is 11.7. The van der Waals surface area contributed by atoms with Crippen molar-refractivity contribution in [2.75, 3.05) is 0 Å². The number of aliphatic carboxylic acids is 1. The Labute approximate surface area is 135 Å². The Morgan fingerprint density at radius 1 is 1.22 bits per heavy atom. The number of carbonyl (C=O) groups excluding carboxylic acids is 1. The number of rotatable bonds is 6. The fourth-order valence-corrected chi connectivity index (χ4v) is 2.39. The van der Waals surface area contributed by atoms with Crippen molar-refractivity contribution in [1.82, 2.24) is 10.3 Å². The summed E-state index contributed by atoms with van der Waals surface area (Å²) >= 11 is 0. The van der Waals surface area contributed by atoms with Crippen molar-refractivity contribution in [2.45, 2.75) is 33.2 Å². The number of carboxylic acids is 1. The SMILES string of the molecule is Cc1cnc(CNC(=O)c2ccccc2CCC(=O)O)c(C)c1. The molecule has 2 N–H and O–H groups in total. The van der Waals surface area contributed by atoms with Gasteiger partial charge in [0.25, 0.3) is 5.91 Å². The van der Waals surface area contributed by atoms with E-state index in [4.69, 9.17) is 5.11 Å². The Bertz CT molecular complexity index is 726. The van der Waals surface area contributed by atoms with E-state index in [0.717, 1.165) is 22.4 Å². The second kappa shape index (κ2) is 7.54. The van der Waals surface area contributed by atoms with Crippen molar-refractivity contribution in [3.05, 3.63) is 64.5 Å². The number of benzene rings is 1. The first-order valence-corrected chi connectivity index (χ1v) is 7.47. The van der Waals surface area contributed by atoms with E-state index in [1.54, 1.807) is 30.5 Å². The standard InChI is InChI=1S/C18H20N2O3/c1-12-9-13(2)16(19-10-12)11-20-18(23)15-6-4-3-5-14(15)7-8-17(21)22/h3-6,9-10H,7-8,11H2,1-2H3,(H,20,23)(H,21,22). The Balaban J connectivity index is 2.07. The van der Waals surface area contributed by atoms with Gasteiger partial charge in [0, 0.05) is 18.2 Å². The summed E-state index contributed by atoms with van der Waals surface area (Å²) < 4.78 is 0. The molecule has 0 atom stereocenters. The molecule has 0 unspecified atom stereocenters. The molecular formula is C18H20N2O3. The number of amides is 1. The lowest BCUT2D eigenvalue weighted by atomic mass is 10.0. The van der Waals surface area contributed by atoms with Crippen LogP contribution in [0.3, 0.4) is 0 Å². The van der Waals surface area contributed by atoms with Crippen molar-refractivity contribution in [1.29, 1.82) is 0 Å². The van der Waals surface area contributed by atoms with Gasteiger partial charge in [0.2, 0.25) is 0 Å². The fraction of sp³-hybridized carbons (Fsp3) is 0.278. The number of pyridine rings is 1. The van der Waals surface area contributed by atoms with E-state index in [0.29, 0.717) is 18.5 Å². The first kappa shape index (κ1) is 16.7. The Morgan fingerprint density at radius 2 is 1.96 bits per heavy atom. The number of nitrogens with zero attached hydrogens (tertiary/aromatic N) is 1. The van der Waals surface area contributed by atoms with Crippen LogP contribution >= 0.6 is 0 Å².